The third kappa shape index (κ3) is 5.93. The smallest absolute Gasteiger partial charge is 0.338 e. The van der Waals surface area contributed by atoms with Crippen molar-refractivity contribution < 1.29 is 23.9 Å². The highest BCUT2D eigenvalue weighted by atomic mass is 35.5. The lowest BCUT2D eigenvalue weighted by atomic mass is 9.93. The fourth-order valence-corrected chi connectivity index (χ4v) is 5.79. The molecule has 0 aromatic heterocycles. The maximum Gasteiger partial charge on any atom is 0.338 e. The van der Waals surface area contributed by atoms with Crippen molar-refractivity contribution in [3.8, 4) is 0 Å². The molecule has 37 heavy (non-hydrogen) atoms. The Morgan fingerprint density at radius 3 is 2.54 bits per heavy atom. The van der Waals surface area contributed by atoms with E-state index in [0.717, 1.165) is 11.3 Å². The van der Waals surface area contributed by atoms with Crippen LogP contribution in [0.3, 0.4) is 0 Å². The molecule has 10 heteroatoms. The number of carbonyl (C=O) groups is 3. The van der Waals surface area contributed by atoms with Crippen LogP contribution in [-0.4, -0.2) is 59.1 Å². The molecule has 4 rings (SSSR count). The molecule has 3 heterocycles. The van der Waals surface area contributed by atoms with E-state index in [9.17, 15) is 14.4 Å². The van der Waals surface area contributed by atoms with Gasteiger partial charge in [-0.25, -0.2) is 9.79 Å². The van der Waals surface area contributed by atoms with E-state index in [0.29, 0.717) is 54.0 Å². The first-order valence-corrected chi connectivity index (χ1v) is 13.5. The lowest BCUT2D eigenvalue weighted by Crippen LogP contribution is -2.42. The predicted molar refractivity (Wildman–Crippen MR) is 144 cm³/mol. The number of hydrogen-bond donors (Lipinski definition) is 0. The van der Waals surface area contributed by atoms with Gasteiger partial charge in [0.2, 0.25) is 5.91 Å². The summed E-state index contributed by atoms with van der Waals surface area (Å²) in [6.45, 7) is 8.64. The van der Waals surface area contributed by atoms with Crippen LogP contribution in [-0.2, 0) is 23.9 Å². The zero-order valence-corrected chi connectivity index (χ0v) is 22.5. The number of nitrogens with zero attached hydrogens (tertiary/aromatic N) is 3. The minimum Gasteiger partial charge on any atom is -0.466 e. The monoisotopic (exact) mass is 543 g/mol. The van der Waals surface area contributed by atoms with Crippen LogP contribution in [0.25, 0.3) is 0 Å². The first kappa shape index (κ1) is 27.0. The molecule has 0 saturated carbocycles. The van der Waals surface area contributed by atoms with Crippen LogP contribution in [0.4, 0.5) is 0 Å². The summed E-state index contributed by atoms with van der Waals surface area (Å²) in [4.78, 5) is 46.9. The molecule has 1 aromatic rings. The van der Waals surface area contributed by atoms with Gasteiger partial charge in [0.05, 0.1) is 36.3 Å². The number of ether oxygens (including phenoxy) is 2. The Morgan fingerprint density at radius 2 is 1.89 bits per heavy atom. The summed E-state index contributed by atoms with van der Waals surface area (Å²) in [5.41, 5.74) is 2.55. The largest absolute Gasteiger partial charge is 0.466 e. The summed E-state index contributed by atoms with van der Waals surface area (Å²) in [6.07, 6.45) is 2.84. The van der Waals surface area contributed by atoms with Gasteiger partial charge in [0, 0.05) is 23.8 Å². The van der Waals surface area contributed by atoms with Crippen molar-refractivity contribution in [2.45, 2.75) is 39.2 Å². The number of amidine groups is 1. The van der Waals surface area contributed by atoms with E-state index in [1.165, 1.54) is 17.8 Å². The third-order valence-corrected chi connectivity index (χ3v) is 7.68. The summed E-state index contributed by atoms with van der Waals surface area (Å²) >= 11 is 7.57. The number of likely N-dealkylation sites (tertiary alicyclic amines) is 1. The van der Waals surface area contributed by atoms with E-state index in [4.69, 9.17) is 21.1 Å². The van der Waals surface area contributed by atoms with Crippen LogP contribution in [0.2, 0.25) is 5.02 Å². The maximum atomic E-state index is 13.3. The number of halogens is 1. The van der Waals surface area contributed by atoms with Gasteiger partial charge in [0.1, 0.15) is 6.61 Å². The molecule has 0 N–H and O–H groups in total. The number of carbonyl (C=O) groups excluding carboxylic acids is 3. The van der Waals surface area contributed by atoms with E-state index in [1.54, 1.807) is 30.9 Å². The number of esters is 2. The fourth-order valence-electron chi connectivity index (χ4n) is 4.70. The van der Waals surface area contributed by atoms with Crippen LogP contribution in [0.15, 0.2) is 64.3 Å². The average molecular weight is 544 g/mol. The molecule has 0 spiro atoms. The number of aliphatic imine (C=N–C) groups is 1. The average Bonchev–Trinajstić information content (AvgIpc) is 3.29. The Morgan fingerprint density at radius 1 is 1.19 bits per heavy atom. The van der Waals surface area contributed by atoms with E-state index in [-0.39, 0.29) is 30.8 Å². The molecule has 0 bridgehead atoms. The van der Waals surface area contributed by atoms with Crippen molar-refractivity contribution >= 4 is 46.4 Å². The minimum absolute atomic E-state index is 0.0349. The van der Waals surface area contributed by atoms with Gasteiger partial charge in [0.15, 0.2) is 5.17 Å². The highest BCUT2D eigenvalue weighted by molar-refractivity contribution is 8.16. The van der Waals surface area contributed by atoms with Gasteiger partial charge in [-0.1, -0.05) is 48.2 Å². The molecule has 0 aliphatic carbocycles. The Labute approximate surface area is 226 Å². The highest BCUT2D eigenvalue weighted by Gasteiger charge is 2.41. The lowest BCUT2D eigenvalue weighted by molar-refractivity contribution is -0.151. The SMILES string of the molecule is C=CCOC(=O)C1=C(C)N=C2SC=C(CC(=O)N3CCC(C(=O)OCC)CC3)N2[C@@H]1c1ccc(Cl)cc1. The van der Waals surface area contributed by atoms with Gasteiger partial charge in [-0.2, -0.15) is 0 Å². The van der Waals surface area contributed by atoms with Crippen LogP contribution in [0, 0.1) is 5.92 Å². The van der Waals surface area contributed by atoms with Crippen LogP contribution in [0.1, 0.15) is 44.7 Å². The molecule has 1 atom stereocenters. The van der Waals surface area contributed by atoms with Crippen molar-refractivity contribution in [1.82, 2.24) is 9.80 Å². The number of allylic oxidation sites excluding steroid dienone is 1. The summed E-state index contributed by atoms with van der Waals surface area (Å²) in [6, 6.07) is 6.76. The molecule has 0 unspecified atom stereocenters. The molecule has 1 saturated heterocycles. The molecule has 0 radical (unpaired) electrons. The van der Waals surface area contributed by atoms with Crippen LogP contribution in [0.5, 0.6) is 0 Å². The van der Waals surface area contributed by atoms with Gasteiger partial charge in [-0.3, -0.25) is 9.59 Å². The molecular formula is C27H30ClN3O5S. The molecule has 196 valence electrons. The van der Waals surface area contributed by atoms with Gasteiger partial charge in [0.25, 0.3) is 0 Å². The summed E-state index contributed by atoms with van der Waals surface area (Å²) in [7, 11) is 0. The van der Waals surface area contributed by atoms with E-state index in [2.05, 4.69) is 11.6 Å². The zero-order chi connectivity index (χ0) is 26.5. The molecule has 1 amide bonds. The van der Waals surface area contributed by atoms with Crippen molar-refractivity contribution in [2.24, 2.45) is 10.9 Å². The molecule has 3 aliphatic heterocycles. The number of amides is 1. The first-order valence-electron chi connectivity index (χ1n) is 12.3. The summed E-state index contributed by atoms with van der Waals surface area (Å²) in [5.74, 6) is -0.879. The second-order valence-electron chi connectivity index (χ2n) is 8.92. The van der Waals surface area contributed by atoms with Crippen molar-refractivity contribution in [2.75, 3.05) is 26.3 Å². The molecular weight excluding hydrogens is 514 g/mol. The molecule has 3 aliphatic rings. The topological polar surface area (TPSA) is 88.5 Å². The minimum atomic E-state index is -0.523. The predicted octanol–water partition coefficient (Wildman–Crippen LogP) is 4.84. The Hall–Kier alpha value is -3.04. The molecule has 1 aromatic carbocycles. The van der Waals surface area contributed by atoms with Gasteiger partial charge in [-0.05, 0) is 49.8 Å². The number of benzene rings is 1. The standard InChI is InChI=1S/C27H30ClN3O5S/c1-4-14-36-26(34)23-17(3)29-27-31(24(23)18-6-8-20(28)9-7-18)21(16-37-27)15-22(32)30-12-10-19(11-13-30)25(33)35-5-2/h4,6-9,16,19,24H,1,5,10-15H2,2-3H3/t24-/m1/s1. The van der Waals surface area contributed by atoms with Gasteiger partial charge < -0.3 is 19.3 Å². The second kappa shape index (κ2) is 12.0. The molecule has 1 fully saturated rings. The van der Waals surface area contributed by atoms with Crippen LogP contribution < -0.4 is 0 Å². The highest BCUT2D eigenvalue weighted by Crippen LogP contribution is 2.45. The first-order chi connectivity index (χ1) is 17.8. The second-order valence-corrected chi connectivity index (χ2v) is 10.2. The fraction of sp³-hybridized carbons (Fsp3) is 0.407. The summed E-state index contributed by atoms with van der Waals surface area (Å²) in [5, 5.41) is 3.19. The number of piperidine rings is 1. The van der Waals surface area contributed by atoms with E-state index < -0.39 is 12.0 Å². The van der Waals surface area contributed by atoms with E-state index in [1.807, 2.05) is 22.4 Å². The Bertz CT molecular complexity index is 1170. The molecule has 8 nitrogen and oxygen atoms in total. The third-order valence-electron chi connectivity index (χ3n) is 6.54. The van der Waals surface area contributed by atoms with Crippen molar-refractivity contribution in [3.63, 3.8) is 0 Å². The van der Waals surface area contributed by atoms with Crippen LogP contribution >= 0.6 is 23.4 Å². The van der Waals surface area contributed by atoms with Gasteiger partial charge >= 0.3 is 11.9 Å². The lowest BCUT2D eigenvalue weighted by Gasteiger charge is -2.37. The summed E-state index contributed by atoms with van der Waals surface area (Å²) < 4.78 is 10.5. The number of thioether (sulfide) groups is 1. The quantitative estimate of drug-likeness (QED) is 0.342. The Kier molecular flexibility index (Phi) is 8.76. The zero-order valence-electron chi connectivity index (χ0n) is 20.9. The van der Waals surface area contributed by atoms with E-state index >= 15 is 0 Å². The number of hydrogen-bond acceptors (Lipinski definition) is 8. The normalized spacial score (nSPS) is 19.7. The number of rotatable bonds is 8. The van der Waals surface area contributed by atoms with Crippen molar-refractivity contribution in [1.29, 1.82) is 0 Å². The maximum absolute atomic E-state index is 13.3. The van der Waals surface area contributed by atoms with Crippen molar-refractivity contribution in [3.05, 3.63) is 69.9 Å². The Balaban J connectivity index is 1.55. The van der Waals surface area contributed by atoms with Gasteiger partial charge in [-0.15, -0.1) is 0 Å². The number of fused-ring (bicyclic) bond motifs is 1.